The van der Waals surface area contributed by atoms with Crippen LogP contribution in [0, 0.1) is 49.4 Å². The molecule has 22 heavy (non-hydrogen) atoms. The molecule has 0 amide bonds. The number of aromatic hydroxyl groups is 1. The van der Waals surface area contributed by atoms with E-state index in [0.717, 1.165) is 10.8 Å². The third kappa shape index (κ3) is 3.28. The number of carbonyl (C=O) groups is 1. The van der Waals surface area contributed by atoms with Gasteiger partial charge in [0.1, 0.15) is 16.9 Å². The second-order valence-corrected chi connectivity index (χ2v) is 4.33. The van der Waals surface area contributed by atoms with Crippen molar-refractivity contribution < 1.29 is 74.6 Å². The Morgan fingerprint density at radius 1 is 1.05 bits per heavy atom. The first kappa shape index (κ1) is 20.9. The number of carbonyl (C=O) groups excluding carboxylic acids is 1. The van der Waals surface area contributed by atoms with Crippen LogP contribution in [0.5, 0.6) is 5.75 Å². The van der Waals surface area contributed by atoms with Crippen molar-refractivity contribution in [3.63, 3.8) is 0 Å². The van der Waals surface area contributed by atoms with Crippen LogP contribution in [0.2, 0.25) is 0 Å². The van der Waals surface area contributed by atoms with Crippen molar-refractivity contribution in [3.8, 4) is 5.75 Å². The van der Waals surface area contributed by atoms with Crippen LogP contribution in [-0.4, -0.2) is 21.8 Å². The molecule has 3 aromatic rings. The summed E-state index contributed by atoms with van der Waals surface area (Å²) in [6.45, 7) is 1.22. The summed E-state index contributed by atoms with van der Waals surface area (Å²) < 4.78 is 5.21. The van der Waals surface area contributed by atoms with Crippen LogP contribution in [0.3, 0.4) is 0 Å². The molecule has 0 aliphatic rings. The molecule has 1 aromatic heterocycles. The number of hydrogen-bond acceptors (Lipinski definition) is 4. The zero-order valence-corrected chi connectivity index (χ0v) is 13.9. The van der Waals surface area contributed by atoms with E-state index in [0.29, 0.717) is 11.0 Å². The molecule has 6 nitrogen and oxygen atoms in total. The van der Waals surface area contributed by atoms with Gasteiger partial charge in [-0.3, -0.25) is 4.79 Å². The second kappa shape index (κ2) is 7.94. The van der Waals surface area contributed by atoms with Gasteiger partial charge in [0, 0.05) is 54.8 Å². The number of hydrogen-bond donors (Lipinski definition) is 1. The van der Waals surface area contributed by atoms with E-state index in [1.54, 1.807) is 18.2 Å². The van der Waals surface area contributed by atoms with Crippen LogP contribution in [0.1, 0.15) is 17.3 Å². The molecule has 117 valence electrons. The van der Waals surface area contributed by atoms with Crippen molar-refractivity contribution >= 4 is 27.5 Å². The fourth-order valence-electron chi connectivity index (χ4n) is 2.22. The molecule has 0 atom stereocenters. The summed E-state index contributed by atoms with van der Waals surface area (Å²) in [5, 5.41) is 12.1. The van der Waals surface area contributed by atoms with E-state index >= 15 is 0 Å². The fraction of sp³-hybridized carbons (Fsp3) is 0.0667. The fourth-order valence-corrected chi connectivity index (χ4v) is 2.22. The Kier molecular flexibility index (Phi) is 7.54. The third-order valence-corrected chi connectivity index (χ3v) is 3.12. The minimum atomic E-state index is -0.811. The topological polar surface area (TPSA) is 131 Å². The maximum absolute atomic E-state index is 11.8. The molecule has 0 bridgehead atoms. The monoisotopic (exact) mass is 443 g/mol. The standard InChI is InChI=1S/C15H10O4.Eu.2H2O/c1-8(16)12-13(17)11-7-6-9-4-2-3-5-10(9)14(11)19-15(12)18;;;/h2-7,17H,1H3;;2*1H2. The second-order valence-electron chi connectivity index (χ2n) is 4.33. The van der Waals surface area contributed by atoms with Crippen LogP contribution in [0.15, 0.2) is 45.6 Å². The summed E-state index contributed by atoms with van der Waals surface area (Å²) in [6, 6.07) is 10.8. The molecule has 0 fully saturated rings. The first-order valence-corrected chi connectivity index (χ1v) is 5.78. The van der Waals surface area contributed by atoms with Crippen LogP contribution in [-0.2, 0) is 0 Å². The molecule has 0 spiro atoms. The molecule has 5 N–H and O–H groups in total. The van der Waals surface area contributed by atoms with Gasteiger partial charge in [-0.2, -0.15) is 0 Å². The number of rotatable bonds is 1. The summed E-state index contributed by atoms with van der Waals surface area (Å²) in [6.07, 6.45) is 0. The van der Waals surface area contributed by atoms with E-state index in [-0.39, 0.29) is 71.6 Å². The summed E-state index contributed by atoms with van der Waals surface area (Å²) >= 11 is 0. The minimum Gasteiger partial charge on any atom is -0.506 e. The van der Waals surface area contributed by atoms with Crippen LogP contribution in [0.25, 0.3) is 21.7 Å². The average molecular weight is 442 g/mol. The Morgan fingerprint density at radius 3 is 2.32 bits per heavy atom. The third-order valence-electron chi connectivity index (χ3n) is 3.12. The van der Waals surface area contributed by atoms with Gasteiger partial charge in [0.15, 0.2) is 5.78 Å². The van der Waals surface area contributed by atoms with Crippen molar-refractivity contribution in [2.45, 2.75) is 6.92 Å². The SMILES string of the molecule is CC(=O)c1c(O)c2ccc3ccccc3c2oc1=O.O.O.[Eu]. The number of Topliss-reactive ketones (excluding diaryl/α,β-unsaturated/α-hetero) is 1. The molecule has 2 aromatic carbocycles. The summed E-state index contributed by atoms with van der Waals surface area (Å²) in [5.74, 6) is -0.828. The predicted octanol–water partition coefficient (Wildman–Crippen LogP) is 1.21. The Bertz CT molecular complexity index is 884. The average Bonchev–Trinajstić information content (AvgIpc) is 2.38. The Morgan fingerprint density at radius 2 is 1.68 bits per heavy atom. The predicted molar refractivity (Wildman–Crippen MR) is 78.9 cm³/mol. The maximum atomic E-state index is 11.8. The normalized spacial score (nSPS) is 9.50. The molecule has 7 heteroatoms. The Labute approximate surface area is 165 Å². The molecule has 0 unspecified atom stereocenters. The zero-order valence-electron chi connectivity index (χ0n) is 11.5. The summed E-state index contributed by atoms with van der Waals surface area (Å²) in [7, 11) is 0. The van der Waals surface area contributed by atoms with Gasteiger partial charge in [-0.05, 0) is 18.4 Å². The first-order chi connectivity index (χ1) is 9.09. The summed E-state index contributed by atoms with van der Waals surface area (Å²) in [4.78, 5) is 23.2. The van der Waals surface area contributed by atoms with Gasteiger partial charge in [-0.15, -0.1) is 0 Å². The smallest absolute Gasteiger partial charge is 0.351 e. The van der Waals surface area contributed by atoms with Crippen molar-refractivity contribution in [2.24, 2.45) is 0 Å². The Balaban J connectivity index is 0.00000147. The minimum absolute atomic E-state index is 0. The van der Waals surface area contributed by atoms with Crippen molar-refractivity contribution in [3.05, 3.63) is 52.4 Å². The van der Waals surface area contributed by atoms with Gasteiger partial charge in [-0.1, -0.05) is 30.3 Å². The first-order valence-electron chi connectivity index (χ1n) is 5.78. The molecule has 0 saturated heterocycles. The van der Waals surface area contributed by atoms with E-state index in [1.807, 2.05) is 18.2 Å². The van der Waals surface area contributed by atoms with Gasteiger partial charge >= 0.3 is 5.63 Å². The number of fused-ring (bicyclic) bond motifs is 3. The molecular formula is C15H14EuO6. The largest absolute Gasteiger partial charge is 0.506 e. The van der Waals surface area contributed by atoms with Crippen LogP contribution < -0.4 is 5.63 Å². The molecule has 0 saturated carbocycles. The molecule has 3 rings (SSSR count). The van der Waals surface area contributed by atoms with Gasteiger partial charge in [0.2, 0.25) is 0 Å². The molecule has 0 aliphatic heterocycles. The van der Waals surface area contributed by atoms with Crippen molar-refractivity contribution in [1.82, 2.24) is 0 Å². The van der Waals surface area contributed by atoms with Gasteiger partial charge in [0.25, 0.3) is 0 Å². The quantitative estimate of drug-likeness (QED) is 0.345. The van der Waals surface area contributed by atoms with Crippen molar-refractivity contribution in [2.75, 3.05) is 0 Å². The van der Waals surface area contributed by atoms with E-state index in [9.17, 15) is 14.7 Å². The van der Waals surface area contributed by atoms with E-state index in [1.165, 1.54) is 6.92 Å². The zero-order chi connectivity index (χ0) is 13.6. The number of ketones is 1. The maximum Gasteiger partial charge on any atom is 0.351 e. The van der Waals surface area contributed by atoms with Crippen LogP contribution >= 0.6 is 0 Å². The van der Waals surface area contributed by atoms with E-state index in [2.05, 4.69) is 0 Å². The molecule has 1 radical (unpaired) electrons. The summed E-state index contributed by atoms with van der Waals surface area (Å²) in [5.41, 5.74) is -0.817. The molecule has 1 heterocycles. The van der Waals surface area contributed by atoms with E-state index < -0.39 is 11.4 Å². The molecular weight excluding hydrogens is 428 g/mol. The van der Waals surface area contributed by atoms with Gasteiger partial charge in [0.05, 0.1) is 5.39 Å². The van der Waals surface area contributed by atoms with E-state index in [4.69, 9.17) is 4.42 Å². The van der Waals surface area contributed by atoms with Crippen molar-refractivity contribution in [1.29, 1.82) is 0 Å². The molecule has 0 aliphatic carbocycles. The Hall–Kier alpha value is -1.12. The van der Waals surface area contributed by atoms with Crippen LogP contribution in [0.4, 0.5) is 0 Å². The van der Waals surface area contributed by atoms with Gasteiger partial charge in [-0.25, -0.2) is 4.79 Å². The van der Waals surface area contributed by atoms with Gasteiger partial charge < -0.3 is 20.5 Å². The number of benzene rings is 2.